The Morgan fingerprint density at radius 1 is 1.40 bits per heavy atom. The summed E-state index contributed by atoms with van der Waals surface area (Å²) in [5.74, 6) is -0.162. The van der Waals surface area contributed by atoms with Gasteiger partial charge in [0.25, 0.3) is 0 Å². The molecule has 0 radical (unpaired) electrons. The smallest absolute Gasteiger partial charge is 0.123 e. The molecule has 1 N–H and O–H groups in total. The third kappa shape index (κ3) is 4.18. The number of hydrogen-bond donors (Lipinski definition) is 1. The number of nitrogens with one attached hydrogen (secondary N) is 1. The summed E-state index contributed by atoms with van der Waals surface area (Å²) in [6, 6.07) is 5.80. The summed E-state index contributed by atoms with van der Waals surface area (Å²) in [7, 11) is 1.69. The van der Waals surface area contributed by atoms with E-state index in [9.17, 15) is 4.39 Å². The van der Waals surface area contributed by atoms with Gasteiger partial charge in [0.2, 0.25) is 0 Å². The lowest BCUT2D eigenvalue weighted by molar-refractivity contribution is 0.199. The number of ether oxygens (including phenoxy) is 1. The zero-order valence-corrected chi connectivity index (χ0v) is 12.5. The molecule has 0 unspecified atom stereocenters. The van der Waals surface area contributed by atoms with Crippen molar-refractivity contribution in [2.45, 2.75) is 38.8 Å². The maximum absolute atomic E-state index is 13.5. The van der Waals surface area contributed by atoms with E-state index in [4.69, 9.17) is 4.74 Å². The highest BCUT2D eigenvalue weighted by Gasteiger charge is 2.29. The van der Waals surface area contributed by atoms with Crippen molar-refractivity contribution in [2.75, 3.05) is 31.7 Å². The molecular weight excluding hydrogens is 255 g/mol. The second-order valence-corrected chi connectivity index (χ2v) is 5.37. The molecule has 0 saturated heterocycles. The molecule has 112 valence electrons. The van der Waals surface area contributed by atoms with E-state index in [2.05, 4.69) is 17.1 Å². The second-order valence-electron chi connectivity index (χ2n) is 5.37. The van der Waals surface area contributed by atoms with Crippen LogP contribution in [0.1, 0.15) is 31.7 Å². The average molecular weight is 280 g/mol. The third-order valence-corrected chi connectivity index (χ3v) is 3.60. The molecule has 1 aromatic rings. The van der Waals surface area contributed by atoms with Crippen LogP contribution in [0.25, 0.3) is 0 Å². The summed E-state index contributed by atoms with van der Waals surface area (Å²) in [4.78, 5) is 2.44. The molecule has 0 atom stereocenters. The fourth-order valence-electron chi connectivity index (χ4n) is 2.50. The maximum atomic E-state index is 13.5. The summed E-state index contributed by atoms with van der Waals surface area (Å²) < 4.78 is 18.5. The summed E-state index contributed by atoms with van der Waals surface area (Å²) in [6.07, 6.45) is 3.63. The SMILES string of the molecule is CCCN(c1ccc(F)cc1CNCCOC)C1CC1. The van der Waals surface area contributed by atoms with Crippen molar-refractivity contribution >= 4 is 5.69 Å². The number of nitrogens with zero attached hydrogens (tertiary/aromatic N) is 1. The molecule has 1 aliphatic carbocycles. The Morgan fingerprint density at radius 2 is 2.20 bits per heavy atom. The van der Waals surface area contributed by atoms with Crippen LogP contribution in [0.2, 0.25) is 0 Å². The van der Waals surface area contributed by atoms with Crippen molar-refractivity contribution in [1.29, 1.82) is 0 Å². The molecule has 0 heterocycles. The fourth-order valence-corrected chi connectivity index (χ4v) is 2.50. The lowest BCUT2D eigenvalue weighted by Gasteiger charge is -2.27. The van der Waals surface area contributed by atoms with Crippen LogP contribution in [-0.2, 0) is 11.3 Å². The van der Waals surface area contributed by atoms with Gasteiger partial charge >= 0.3 is 0 Å². The van der Waals surface area contributed by atoms with Gasteiger partial charge in [-0.3, -0.25) is 0 Å². The van der Waals surface area contributed by atoms with E-state index < -0.39 is 0 Å². The Hall–Kier alpha value is -1.13. The van der Waals surface area contributed by atoms with E-state index in [0.717, 1.165) is 25.1 Å². The first-order valence-corrected chi connectivity index (χ1v) is 7.51. The highest BCUT2D eigenvalue weighted by atomic mass is 19.1. The molecule has 1 aromatic carbocycles. The van der Waals surface area contributed by atoms with Gasteiger partial charge in [0, 0.05) is 38.5 Å². The van der Waals surface area contributed by atoms with E-state index in [1.165, 1.54) is 18.5 Å². The van der Waals surface area contributed by atoms with E-state index >= 15 is 0 Å². The van der Waals surface area contributed by atoms with Crippen LogP contribution in [0, 0.1) is 5.82 Å². The molecule has 1 fully saturated rings. The summed E-state index contributed by atoms with van der Waals surface area (Å²) in [5.41, 5.74) is 2.22. The molecule has 0 amide bonds. The molecule has 0 aliphatic heterocycles. The van der Waals surface area contributed by atoms with E-state index in [0.29, 0.717) is 19.2 Å². The van der Waals surface area contributed by atoms with Crippen LogP contribution in [0.3, 0.4) is 0 Å². The minimum absolute atomic E-state index is 0.162. The molecule has 2 rings (SSSR count). The molecule has 0 aromatic heterocycles. The Balaban J connectivity index is 2.09. The molecule has 0 bridgehead atoms. The monoisotopic (exact) mass is 280 g/mol. The van der Waals surface area contributed by atoms with Crippen LogP contribution < -0.4 is 10.2 Å². The molecule has 3 nitrogen and oxygen atoms in total. The number of benzene rings is 1. The van der Waals surface area contributed by atoms with Gasteiger partial charge in [-0.25, -0.2) is 4.39 Å². The van der Waals surface area contributed by atoms with Crippen molar-refractivity contribution in [3.8, 4) is 0 Å². The second kappa shape index (κ2) is 7.60. The minimum Gasteiger partial charge on any atom is -0.383 e. The van der Waals surface area contributed by atoms with Gasteiger partial charge in [0.15, 0.2) is 0 Å². The normalized spacial score (nSPS) is 14.6. The first kappa shape index (κ1) is 15.3. The largest absolute Gasteiger partial charge is 0.383 e. The third-order valence-electron chi connectivity index (χ3n) is 3.60. The van der Waals surface area contributed by atoms with Gasteiger partial charge < -0.3 is 15.0 Å². The fraction of sp³-hybridized carbons (Fsp3) is 0.625. The Morgan fingerprint density at radius 3 is 2.85 bits per heavy atom. The van der Waals surface area contributed by atoms with Crippen LogP contribution in [-0.4, -0.2) is 32.8 Å². The number of methoxy groups -OCH3 is 1. The van der Waals surface area contributed by atoms with Gasteiger partial charge in [-0.2, -0.15) is 0 Å². The summed E-state index contributed by atoms with van der Waals surface area (Å²) in [5, 5.41) is 3.31. The molecular formula is C16H25FN2O. The lowest BCUT2D eigenvalue weighted by atomic mass is 10.1. The lowest BCUT2D eigenvalue weighted by Crippen LogP contribution is -2.29. The summed E-state index contributed by atoms with van der Waals surface area (Å²) in [6.45, 7) is 5.37. The van der Waals surface area contributed by atoms with Gasteiger partial charge in [0.1, 0.15) is 5.82 Å². The van der Waals surface area contributed by atoms with Gasteiger partial charge in [0.05, 0.1) is 6.61 Å². The van der Waals surface area contributed by atoms with Crippen molar-refractivity contribution in [2.24, 2.45) is 0 Å². The van der Waals surface area contributed by atoms with Gasteiger partial charge in [-0.1, -0.05) is 6.92 Å². The Bertz CT molecular complexity index is 421. The number of hydrogen-bond acceptors (Lipinski definition) is 3. The van der Waals surface area contributed by atoms with Crippen LogP contribution in [0.4, 0.5) is 10.1 Å². The van der Waals surface area contributed by atoms with E-state index in [1.54, 1.807) is 19.2 Å². The first-order valence-electron chi connectivity index (χ1n) is 7.51. The van der Waals surface area contributed by atoms with Crippen molar-refractivity contribution in [3.05, 3.63) is 29.6 Å². The Kier molecular flexibility index (Phi) is 5.80. The molecule has 1 saturated carbocycles. The first-order chi connectivity index (χ1) is 9.76. The Labute approximate surface area is 121 Å². The quantitative estimate of drug-likeness (QED) is 0.704. The highest BCUT2D eigenvalue weighted by Crippen LogP contribution is 2.34. The topological polar surface area (TPSA) is 24.5 Å². The number of halogens is 1. The zero-order chi connectivity index (χ0) is 14.4. The van der Waals surface area contributed by atoms with Crippen LogP contribution >= 0.6 is 0 Å². The van der Waals surface area contributed by atoms with E-state index in [1.807, 2.05) is 6.07 Å². The maximum Gasteiger partial charge on any atom is 0.123 e. The van der Waals surface area contributed by atoms with Crippen LogP contribution in [0.15, 0.2) is 18.2 Å². The predicted molar refractivity (Wildman–Crippen MR) is 80.6 cm³/mol. The minimum atomic E-state index is -0.162. The van der Waals surface area contributed by atoms with E-state index in [-0.39, 0.29) is 5.82 Å². The highest BCUT2D eigenvalue weighted by molar-refractivity contribution is 5.55. The predicted octanol–water partition coefficient (Wildman–Crippen LogP) is 2.94. The zero-order valence-electron chi connectivity index (χ0n) is 12.5. The van der Waals surface area contributed by atoms with Gasteiger partial charge in [-0.15, -0.1) is 0 Å². The van der Waals surface area contributed by atoms with Crippen molar-refractivity contribution < 1.29 is 9.13 Å². The van der Waals surface area contributed by atoms with Crippen molar-refractivity contribution in [3.63, 3.8) is 0 Å². The molecule has 1 aliphatic rings. The molecule has 4 heteroatoms. The average Bonchev–Trinajstić information content (AvgIpc) is 3.26. The molecule has 20 heavy (non-hydrogen) atoms. The summed E-state index contributed by atoms with van der Waals surface area (Å²) >= 11 is 0. The number of rotatable bonds is 9. The van der Waals surface area contributed by atoms with Crippen molar-refractivity contribution in [1.82, 2.24) is 5.32 Å². The van der Waals surface area contributed by atoms with Gasteiger partial charge in [-0.05, 0) is 43.0 Å². The standard InChI is InChI=1S/C16H25FN2O/c1-3-9-19(15-5-6-15)16-7-4-14(17)11-13(16)12-18-8-10-20-2/h4,7,11,15,18H,3,5-6,8-10,12H2,1-2H3. The van der Waals surface area contributed by atoms with Crippen LogP contribution in [0.5, 0.6) is 0 Å². The molecule has 0 spiro atoms. The number of anilines is 1.